The maximum Gasteiger partial charge on any atom is 0.281 e. The molecule has 0 spiro atoms. The molecular formula is C23H19ClN2O5. The zero-order chi connectivity index (χ0) is 21.8. The van der Waals surface area contributed by atoms with Gasteiger partial charge in [0, 0.05) is 17.0 Å². The average Bonchev–Trinajstić information content (AvgIpc) is 3.47. The standard InChI is InChI=1S/C23H19ClN2O5/c1-29-21-9-4-15(13-27)11-22(21)31-14-23(28)26-19(20-3-2-10-30-20)12-18(25-26)16-5-7-17(24)8-6-16/h2-11,13,19H,12,14H2,1H3. The minimum atomic E-state index is -0.389. The van der Waals surface area contributed by atoms with Crippen LogP contribution in [0.15, 0.2) is 70.4 Å². The van der Waals surface area contributed by atoms with Crippen molar-refractivity contribution in [2.75, 3.05) is 13.7 Å². The summed E-state index contributed by atoms with van der Waals surface area (Å²) in [5.41, 5.74) is 2.03. The zero-order valence-corrected chi connectivity index (χ0v) is 17.4. The molecule has 0 saturated heterocycles. The number of halogens is 1. The summed E-state index contributed by atoms with van der Waals surface area (Å²) >= 11 is 5.99. The molecule has 0 saturated carbocycles. The Balaban J connectivity index is 1.56. The van der Waals surface area contributed by atoms with E-state index in [1.165, 1.54) is 18.2 Å². The number of rotatable bonds is 7. The molecule has 7 nitrogen and oxygen atoms in total. The number of methoxy groups -OCH3 is 1. The number of benzene rings is 2. The first-order valence-electron chi connectivity index (χ1n) is 9.54. The Morgan fingerprint density at radius 1 is 1.23 bits per heavy atom. The molecule has 2 heterocycles. The minimum Gasteiger partial charge on any atom is -0.493 e. The van der Waals surface area contributed by atoms with Gasteiger partial charge in [-0.2, -0.15) is 5.10 Å². The molecule has 1 aliphatic rings. The second kappa shape index (κ2) is 9.06. The Bertz CT molecular complexity index is 1110. The summed E-state index contributed by atoms with van der Waals surface area (Å²) in [6, 6.07) is 15.2. The van der Waals surface area contributed by atoms with Crippen molar-refractivity contribution in [1.29, 1.82) is 0 Å². The molecule has 0 bridgehead atoms. The molecule has 4 rings (SSSR count). The number of ether oxygens (including phenoxy) is 2. The van der Waals surface area contributed by atoms with Crippen LogP contribution in [-0.2, 0) is 4.79 Å². The SMILES string of the molecule is COc1ccc(C=O)cc1OCC(=O)N1N=C(c2ccc(Cl)cc2)CC1c1ccco1. The van der Waals surface area contributed by atoms with Crippen molar-refractivity contribution in [2.45, 2.75) is 12.5 Å². The second-order valence-electron chi connectivity index (χ2n) is 6.84. The fraction of sp³-hybridized carbons (Fsp3) is 0.174. The van der Waals surface area contributed by atoms with Crippen LogP contribution in [0, 0.1) is 0 Å². The number of aldehydes is 1. The Morgan fingerprint density at radius 3 is 2.71 bits per heavy atom. The van der Waals surface area contributed by atoms with Gasteiger partial charge in [-0.05, 0) is 48.0 Å². The van der Waals surface area contributed by atoms with Crippen LogP contribution in [0.2, 0.25) is 5.02 Å². The van der Waals surface area contributed by atoms with Gasteiger partial charge in [0.1, 0.15) is 18.1 Å². The topological polar surface area (TPSA) is 81.3 Å². The lowest BCUT2D eigenvalue weighted by Crippen LogP contribution is -2.31. The molecule has 0 radical (unpaired) electrons. The van der Waals surface area contributed by atoms with E-state index in [1.807, 2.05) is 18.2 Å². The van der Waals surface area contributed by atoms with Crippen molar-refractivity contribution in [3.8, 4) is 11.5 Å². The third-order valence-electron chi connectivity index (χ3n) is 4.89. The maximum atomic E-state index is 13.0. The van der Waals surface area contributed by atoms with E-state index in [-0.39, 0.29) is 18.6 Å². The number of hydrogen-bond acceptors (Lipinski definition) is 6. The number of hydrazone groups is 1. The van der Waals surface area contributed by atoms with Crippen molar-refractivity contribution in [1.82, 2.24) is 5.01 Å². The first-order chi connectivity index (χ1) is 15.1. The first-order valence-corrected chi connectivity index (χ1v) is 9.91. The third-order valence-corrected chi connectivity index (χ3v) is 5.14. The van der Waals surface area contributed by atoms with Gasteiger partial charge in [0.05, 0.1) is 19.1 Å². The van der Waals surface area contributed by atoms with Gasteiger partial charge in [0.25, 0.3) is 5.91 Å². The van der Waals surface area contributed by atoms with Gasteiger partial charge in [-0.25, -0.2) is 5.01 Å². The molecule has 2 aromatic carbocycles. The fourth-order valence-electron chi connectivity index (χ4n) is 3.34. The Hall–Kier alpha value is -3.58. The normalized spacial score (nSPS) is 15.5. The lowest BCUT2D eigenvalue weighted by Gasteiger charge is -2.20. The molecule has 0 N–H and O–H groups in total. The number of nitrogens with zero attached hydrogens (tertiary/aromatic N) is 2. The van der Waals surface area contributed by atoms with Gasteiger partial charge in [0.2, 0.25) is 0 Å². The van der Waals surface area contributed by atoms with Crippen LogP contribution in [0.1, 0.15) is 34.1 Å². The predicted molar refractivity (Wildman–Crippen MR) is 115 cm³/mol. The summed E-state index contributed by atoms with van der Waals surface area (Å²) in [5.74, 6) is 0.995. The van der Waals surface area contributed by atoms with Crippen LogP contribution < -0.4 is 9.47 Å². The highest BCUT2D eigenvalue weighted by atomic mass is 35.5. The summed E-state index contributed by atoms with van der Waals surface area (Å²) in [4.78, 5) is 24.1. The number of carbonyl (C=O) groups is 2. The fourth-order valence-corrected chi connectivity index (χ4v) is 3.47. The molecule has 158 valence electrons. The maximum absolute atomic E-state index is 13.0. The van der Waals surface area contributed by atoms with Gasteiger partial charge < -0.3 is 13.9 Å². The lowest BCUT2D eigenvalue weighted by atomic mass is 10.0. The number of furan rings is 1. The Labute approximate surface area is 183 Å². The van der Waals surface area contributed by atoms with Crippen LogP contribution in [0.4, 0.5) is 0 Å². The van der Waals surface area contributed by atoms with Gasteiger partial charge in [0.15, 0.2) is 18.1 Å². The summed E-state index contributed by atoms with van der Waals surface area (Å²) in [6.45, 7) is -0.284. The smallest absolute Gasteiger partial charge is 0.281 e. The summed E-state index contributed by atoms with van der Waals surface area (Å²) in [7, 11) is 1.49. The molecule has 1 amide bonds. The van der Waals surface area contributed by atoms with Crippen LogP contribution >= 0.6 is 11.6 Å². The van der Waals surface area contributed by atoms with E-state index in [9.17, 15) is 9.59 Å². The molecule has 0 aliphatic carbocycles. The quantitative estimate of drug-likeness (QED) is 0.507. The predicted octanol–water partition coefficient (Wildman–Crippen LogP) is 4.51. The molecule has 0 fully saturated rings. The van der Waals surface area contributed by atoms with Crippen molar-refractivity contribution in [3.05, 3.63) is 82.8 Å². The molecular weight excluding hydrogens is 420 g/mol. The lowest BCUT2D eigenvalue weighted by molar-refractivity contribution is -0.135. The van der Waals surface area contributed by atoms with Crippen LogP contribution in [0.3, 0.4) is 0 Å². The monoisotopic (exact) mass is 438 g/mol. The van der Waals surface area contributed by atoms with Crippen molar-refractivity contribution >= 4 is 29.5 Å². The zero-order valence-electron chi connectivity index (χ0n) is 16.7. The summed E-state index contributed by atoms with van der Waals surface area (Å²) in [5, 5.41) is 6.54. The van der Waals surface area contributed by atoms with E-state index in [0.717, 1.165) is 11.3 Å². The van der Waals surface area contributed by atoms with E-state index >= 15 is 0 Å². The number of hydrogen-bond donors (Lipinski definition) is 0. The van der Waals surface area contributed by atoms with E-state index in [4.69, 9.17) is 25.5 Å². The minimum absolute atomic E-state index is 0.284. The van der Waals surface area contributed by atoms with Crippen molar-refractivity contribution in [3.63, 3.8) is 0 Å². The average molecular weight is 439 g/mol. The van der Waals surface area contributed by atoms with Gasteiger partial charge in [-0.15, -0.1) is 0 Å². The van der Waals surface area contributed by atoms with E-state index in [1.54, 1.807) is 36.6 Å². The molecule has 8 heteroatoms. The second-order valence-corrected chi connectivity index (χ2v) is 7.28. The van der Waals surface area contributed by atoms with Crippen LogP contribution in [0.25, 0.3) is 0 Å². The van der Waals surface area contributed by atoms with Crippen molar-refractivity contribution in [2.24, 2.45) is 5.10 Å². The highest BCUT2D eigenvalue weighted by Crippen LogP contribution is 2.34. The van der Waals surface area contributed by atoms with E-state index in [2.05, 4.69) is 5.10 Å². The van der Waals surface area contributed by atoms with E-state index in [0.29, 0.717) is 40.6 Å². The summed E-state index contributed by atoms with van der Waals surface area (Å²) < 4.78 is 16.5. The molecule has 3 aromatic rings. The largest absolute Gasteiger partial charge is 0.493 e. The molecule has 1 atom stereocenters. The molecule has 31 heavy (non-hydrogen) atoms. The van der Waals surface area contributed by atoms with Crippen LogP contribution in [0.5, 0.6) is 11.5 Å². The molecule has 1 aromatic heterocycles. The Kier molecular flexibility index (Phi) is 6.04. The molecule has 1 unspecified atom stereocenters. The first kappa shape index (κ1) is 20.7. The number of carbonyl (C=O) groups excluding carboxylic acids is 2. The van der Waals surface area contributed by atoms with Crippen LogP contribution in [-0.4, -0.2) is 36.6 Å². The molecule has 1 aliphatic heterocycles. The van der Waals surface area contributed by atoms with Gasteiger partial charge >= 0.3 is 0 Å². The highest BCUT2D eigenvalue weighted by molar-refractivity contribution is 6.30. The number of amides is 1. The highest BCUT2D eigenvalue weighted by Gasteiger charge is 2.35. The van der Waals surface area contributed by atoms with Gasteiger partial charge in [-0.3, -0.25) is 9.59 Å². The van der Waals surface area contributed by atoms with Gasteiger partial charge in [-0.1, -0.05) is 23.7 Å². The third kappa shape index (κ3) is 4.46. The summed E-state index contributed by atoms with van der Waals surface area (Å²) in [6.07, 6.45) is 2.75. The van der Waals surface area contributed by atoms with Crippen molar-refractivity contribution < 1.29 is 23.5 Å². The van der Waals surface area contributed by atoms with E-state index < -0.39 is 0 Å². The Morgan fingerprint density at radius 2 is 2.03 bits per heavy atom.